The molecule has 0 bridgehead atoms. The first-order valence-corrected chi connectivity index (χ1v) is 9.92. The zero-order chi connectivity index (χ0) is 22.2. The summed E-state index contributed by atoms with van der Waals surface area (Å²) in [6.07, 6.45) is 0. The molecule has 1 aromatic carbocycles. The van der Waals surface area contributed by atoms with Crippen LogP contribution in [-0.2, 0) is 9.53 Å². The Balaban J connectivity index is 1.67. The van der Waals surface area contributed by atoms with E-state index in [-0.39, 0.29) is 11.7 Å². The summed E-state index contributed by atoms with van der Waals surface area (Å²) in [7, 11) is 0. The topological polar surface area (TPSA) is 140 Å². The predicted octanol–water partition coefficient (Wildman–Crippen LogP) is 2.59. The maximum Gasteiger partial charge on any atom is 0.242 e. The second kappa shape index (κ2) is 10.6. The molecular formula is C21H27N7O3. The molecule has 0 radical (unpaired) electrons. The number of amides is 1. The van der Waals surface area contributed by atoms with Crippen LogP contribution >= 0.6 is 0 Å². The lowest BCUT2D eigenvalue weighted by Crippen LogP contribution is -2.37. The van der Waals surface area contributed by atoms with E-state index in [0.717, 1.165) is 13.1 Å². The fourth-order valence-electron chi connectivity index (χ4n) is 2.79. The number of hydrogen-bond donors (Lipinski definition) is 3. The molecule has 1 aliphatic heterocycles. The monoisotopic (exact) mass is 425 g/mol. The van der Waals surface area contributed by atoms with E-state index in [1.807, 2.05) is 12.1 Å². The van der Waals surface area contributed by atoms with Crippen molar-refractivity contribution in [2.45, 2.75) is 13.0 Å². The van der Waals surface area contributed by atoms with Gasteiger partial charge in [-0.15, -0.1) is 10.2 Å². The molecule has 1 aliphatic rings. The summed E-state index contributed by atoms with van der Waals surface area (Å²) < 4.78 is 11.3. The molecule has 1 fully saturated rings. The number of azo groups is 1. The van der Waals surface area contributed by atoms with Gasteiger partial charge in [-0.1, -0.05) is 18.7 Å². The fourth-order valence-corrected chi connectivity index (χ4v) is 2.79. The summed E-state index contributed by atoms with van der Waals surface area (Å²) in [5.74, 6) is 1.21. The number of nitrogen functional groups attached to an aromatic ring is 1. The number of hydrogen-bond acceptors (Lipinski definition) is 9. The van der Waals surface area contributed by atoms with E-state index in [0.29, 0.717) is 48.5 Å². The Morgan fingerprint density at radius 1 is 1.26 bits per heavy atom. The Bertz CT molecular complexity index is 956. The third-order valence-corrected chi connectivity index (χ3v) is 4.46. The maximum atomic E-state index is 11.7. The van der Waals surface area contributed by atoms with Crippen molar-refractivity contribution in [1.29, 1.82) is 0 Å². The SMILES string of the molecule is C=C(CN1CCOCC1)Oc1ccccc1N=Nc1ccc(NC(=O)[C@H](C)N)nc1N. The van der Waals surface area contributed by atoms with Gasteiger partial charge in [0.2, 0.25) is 5.91 Å². The molecule has 10 heteroatoms. The van der Waals surface area contributed by atoms with E-state index in [1.165, 1.54) is 0 Å². The van der Waals surface area contributed by atoms with Gasteiger partial charge in [-0.05, 0) is 31.2 Å². The maximum absolute atomic E-state index is 11.7. The number of rotatable bonds is 8. The molecule has 0 unspecified atom stereocenters. The Kier molecular flexibility index (Phi) is 7.65. The number of anilines is 2. The molecule has 5 N–H and O–H groups in total. The van der Waals surface area contributed by atoms with Gasteiger partial charge in [-0.25, -0.2) is 4.98 Å². The molecule has 2 aromatic rings. The van der Waals surface area contributed by atoms with Gasteiger partial charge in [0.1, 0.15) is 23.0 Å². The van der Waals surface area contributed by atoms with Crippen LogP contribution in [0.1, 0.15) is 6.92 Å². The van der Waals surface area contributed by atoms with Crippen LogP contribution in [0.5, 0.6) is 5.75 Å². The minimum absolute atomic E-state index is 0.126. The van der Waals surface area contributed by atoms with Crippen LogP contribution in [0.3, 0.4) is 0 Å². The van der Waals surface area contributed by atoms with Gasteiger partial charge in [-0.3, -0.25) is 9.69 Å². The third-order valence-electron chi connectivity index (χ3n) is 4.46. The lowest BCUT2D eigenvalue weighted by Gasteiger charge is -2.27. The number of carbonyl (C=O) groups is 1. The first kappa shape index (κ1) is 22.3. The van der Waals surface area contributed by atoms with Gasteiger partial charge >= 0.3 is 0 Å². The normalized spacial score (nSPS) is 15.5. The highest BCUT2D eigenvalue weighted by molar-refractivity contribution is 5.93. The second-order valence-electron chi connectivity index (χ2n) is 7.08. The van der Waals surface area contributed by atoms with Crippen LogP contribution < -0.4 is 21.5 Å². The Morgan fingerprint density at radius 3 is 2.68 bits per heavy atom. The van der Waals surface area contributed by atoms with Crippen molar-refractivity contribution in [3.63, 3.8) is 0 Å². The number of morpholine rings is 1. The molecule has 1 saturated heterocycles. The van der Waals surface area contributed by atoms with Crippen molar-refractivity contribution in [2.24, 2.45) is 16.0 Å². The summed E-state index contributed by atoms with van der Waals surface area (Å²) in [4.78, 5) is 18.0. The Labute approximate surface area is 180 Å². The molecule has 0 aliphatic carbocycles. The molecule has 2 heterocycles. The van der Waals surface area contributed by atoms with Crippen molar-refractivity contribution in [2.75, 3.05) is 43.9 Å². The van der Waals surface area contributed by atoms with E-state index in [1.54, 1.807) is 31.2 Å². The van der Waals surface area contributed by atoms with Crippen LogP contribution in [0.25, 0.3) is 0 Å². The highest BCUT2D eigenvalue weighted by atomic mass is 16.5. The third kappa shape index (κ3) is 6.57. The minimum Gasteiger partial charge on any atom is -0.459 e. The van der Waals surface area contributed by atoms with Gasteiger partial charge in [0.15, 0.2) is 11.6 Å². The molecule has 1 atom stereocenters. The van der Waals surface area contributed by atoms with Crippen LogP contribution in [0.15, 0.2) is 59.0 Å². The van der Waals surface area contributed by atoms with Crippen LogP contribution in [0, 0.1) is 0 Å². The highest BCUT2D eigenvalue weighted by Crippen LogP contribution is 2.31. The van der Waals surface area contributed by atoms with E-state index < -0.39 is 6.04 Å². The zero-order valence-corrected chi connectivity index (χ0v) is 17.5. The van der Waals surface area contributed by atoms with Gasteiger partial charge in [-0.2, -0.15) is 0 Å². The first-order valence-electron chi connectivity index (χ1n) is 9.92. The molecule has 0 saturated carbocycles. The summed E-state index contributed by atoms with van der Waals surface area (Å²) >= 11 is 0. The van der Waals surface area contributed by atoms with Gasteiger partial charge in [0, 0.05) is 13.1 Å². The quantitative estimate of drug-likeness (QED) is 0.436. The predicted molar refractivity (Wildman–Crippen MR) is 119 cm³/mol. The van der Waals surface area contributed by atoms with Crippen LogP contribution in [-0.4, -0.2) is 54.7 Å². The lowest BCUT2D eigenvalue weighted by molar-refractivity contribution is -0.117. The van der Waals surface area contributed by atoms with Crippen LogP contribution in [0.4, 0.5) is 23.0 Å². The van der Waals surface area contributed by atoms with Crippen molar-refractivity contribution >= 4 is 28.9 Å². The molecule has 3 rings (SSSR count). The number of aromatic nitrogens is 1. The van der Waals surface area contributed by atoms with E-state index in [2.05, 4.69) is 32.0 Å². The molecular weight excluding hydrogens is 398 g/mol. The van der Waals surface area contributed by atoms with Gasteiger partial charge in [0.25, 0.3) is 0 Å². The van der Waals surface area contributed by atoms with E-state index in [4.69, 9.17) is 20.9 Å². The standard InChI is InChI=1S/C21H27N7O3/c1-14(13-28-9-11-30-12-10-28)31-18-6-4-3-5-16(18)26-27-17-7-8-19(24-20(17)23)25-21(29)15(2)22/h3-8,15H,1,9-13,22H2,2H3,(H3,23,24,25,29)/t15-/m0/s1. The van der Waals surface area contributed by atoms with E-state index >= 15 is 0 Å². The molecule has 10 nitrogen and oxygen atoms in total. The average molecular weight is 425 g/mol. The summed E-state index contributed by atoms with van der Waals surface area (Å²) in [5, 5.41) is 11.0. The molecule has 164 valence electrons. The molecule has 31 heavy (non-hydrogen) atoms. The van der Waals surface area contributed by atoms with Crippen molar-refractivity contribution in [1.82, 2.24) is 9.88 Å². The zero-order valence-electron chi connectivity index (χ0n) is 17.5. The number of nitrogens with two attached hydrogens (primary N) is 2. The number of nitrogens with one attached hydrogen (secondary N) is 1. The molecule has 1 aromatic heterocycles. The van der Waals surface area contributed by atoms with Crippen molar-refractivity contribution in [3.8, 4) is 5.75 Å². The highest BCUT2D eigenvalue weighted by Gasteiger charge is 2.14. The first-order chi connectivity index (χ1) is 14.9. The number of ether oxygens (including phenoxy) is 2. The minimum atomic E-state index is -0.656. The van der Waals surface area contributed by atoms with Gasteiger partial charge < -0.3 is 26.3 Å². The van der Waals surface area contributed by atoms with Crippen LogP contribution in [0.2, 0.25) is 0 Å². The van der Waals surface area contributed by atoms with Gasteiger partial charge in [0.05, 0.1) is 25.8 Å². The Hall–Kier alpha value is -3.34. The summed E-state index contributed by atoms with van der Waals surface area (Å²) in [5.41, 5.74) is 12.4. The van der Waals surface area contributed by atoms with E-state index in [9.17, 15) is 4.79 Å². The Morgan fingerprint density at radius 2 is 1.97 bits per heavy atom. The second-order valence-corrected chi connectivity index (χ2v) is 7.08. The molecule has 0 spiro atoms. The van der Waals surface area contributed by atoms with Crippen molar-refractivity contribution in [3.05, 3.63) is 48.7 Å². The number of carbonyl (C=O) groups excluding carboxylic acids is 1. The van der Waals surface area contributed by atoms with Crippen molar-refractivity contribution < 1.29 is 14.3 Å². The fraction of sp³-hybridized carbons (Fsp3) is 0.333. The summed E-state index contributed by atoms with van der Waals surface area (Å²) in [6.45, 7) is 9.31. The average Bonchev–Trinajstić information content (AvgIpc) is 2.74. The largest absolute Gasteiger partial charge is 0.459 e. The smallest absolute Gasteiger partial charge is 0.242 e. The number of pyridine rings is 1. The summed E-state index contributed by atoms with van der Waals surface area (Å²) in [6, 6.07) is 9.80. The lowest BCUT2D eigenvalue weighted by atomic mass is 10.3. The number of benzene rings is 1. The molecule has 1 amide bonds. The number of para-hydroxylation sites is 1. The number of nitrogens with zero attached hydrogens (tertiary/aromatic N) is 4.